The topological polar surface area (TPSA) is 50.3 Å². The van der Waals surface area contributed by atoms with Gasteiger partial charge in [0.1, 0.15) is 5.01 Å². The molecule has 1 aliphatic heterocycles. The van der Waals surface area contributed by atoms with Crippen molar-refractivity contribution < 1.29 is 8.42 Å². The van der Waals surface area contributed by atoms with E-state index in [-0.39, 0.29) is 0 Å². The molecule has 1 fully saturated rings. The molecule has 3 aromatic rings. The van der Waals surface area contributed by atoms with E-state index in [1.165, 1.54) is 0 Å². The molecule has 0 amide bonds. The molecule has 0 N–H and O–H groups in total. The molecule has 0 unspecified atom stereocenters. The third kappa shape index (κ3) is 3.42. The van der Waals surface area contributed by atoms with Gasteiger partial charge in [-0.15, -0.1) is 11.3 Å². The van der Waals surface area contributed by atoms with E-state index in [1.54, 1.807) is 39.1 Å². The van der Waals surface area contributed by atoms with E-state index in [1.807, 2.05) is 22.9 Å². The van der Waals surface area contributed by atoms with Gasteiger partial charge in [-0.05, 0) is 36.4 Å². The minimum atomic E-state index is -3.37. The van der Waals surface area contributed by atoms with Gasteiger partial charge in [0.15, 0.2) is 0 Å². The fourth-order valence-electron chi connectivity index (χ4n) is 2.98. The van der Waals surface area contributed by atoms with Gasteiger partial charge in [-0.25, -0.2) is 13.4 Å². The summed E-state index contributed by atoms with van der Waals surface area (Å²) in [5, 5.41) is 7.12. The van der Waals surface area contributed by atoms with Crippen molar-refractivity contribution in [1.82, 2.24) is 9.29 Å². The monoisotopic (exact) mass is 390 g/mol. The highest BCUT2D eigenvalue weighted by Gasteiger charge is 2.25. The summed E-state index contributed by atoms with van der Waals surface area (Å²) in [7, 11) is -3.37. The number of piperidine rings is 1. The van der Waals surface area contributed by atoms with E-state index in [2.05, 4.69) is 16.4 Å². The minimum absolute atomic E-state index is 0.367. The summed E-state index contributed by atoms with van der Waals surface area (Å²) in [6.45, 7) is 1.25. The standard InChI is InChI=1S/C18H18N2O2S3/c21-25(22,20-9-2-1-3-10-20)16-6-4-14(5-7-16)17-13-24-18(19-17)15-8-11-23-12-15/h4-8,11-13H,1-3,9-10H2. The van der Waals surface area contributed by atoms with Crippen molar-refractivity contribution >= 4 is 32.7 Å². The van der Waals surface area contributed by atoms with Crippen molar-refractivity contribution in [3.8, 4) is 21.8 Å². The molecule has 0 bridgehead atoms. The van der Waals surface area contributed by atoms with E-state index in [9.17, 15) is 8.42 Å². The smallest absolute Gasteiger partial charge is 0.236 e. The molecule has 3 heterocycles. The van der Waals surface area contributed by atoms with Gasteiger partial charge in [0.2, 0.25) is 10.0 Å². The molecule has 4 nitrogen and oxygen atoms in total. The average molecular weight is 391 g/mol. The van der Waals surface area contributed by atoms with E-state index in [4.69, 9.17) is 0 Å². The normalized spacial score (nSPS) is 16.2. The van der Waals surface area contributed by atoms with Crippen molar-refractivity contribution in [1.29, 1.82) is 0 Å². The van der Waals surface area contributed by atoms with E-state index in [0.29, 0.717) is 18.0 Å². The average Bonchev–Trinajstić information content (AvgIpc) is 3.34. The largest absolute Gasteiger partial charge is 0.243 e. The Morgan fingerprint density at radius 1 is 0.920 bits per heavy atom. The van der Waals surface area contributed by atoms with Crippen LogP contribution in [-0.2, 0) is 10.0 Å². The quantitative estimate of drug-likeness (QED) is 0.648. The Hall–Kier alpha value is -1.54. The Morgan fingerprint density at radius 3 is 2.36 bits per heavy atom. The lowest BCUT2D eigenvalue weighted by Gasteiger charge is -2.25. The highest BCUT2D eigenvalue weighted by Crippen LogP contribution is 2.31. The van der Waals surface area contributed by atoms with Crippen LogP contribution in [0.2, 0.25) is 0 Å². The number of thiazole rings is 1. The first kappa shape index (κ1) is 16.9. The molecular formula is C18H18N2O2S3. The predicted octanol–water partition coefficient (Wildman–Crippen LogP) is 4.71. The molecule has 0 radical (unpaired) electrons. The van der Waals surface area contributed by atoms with Crippen LogP contribution in [0, 0.1) is 0 Å². The third-order valence-corrected chi connectivity index (χ3v) is 7.86. The maximum atomic E-state index is 12.7. The van der Waals surface area contributed by atoms with Crippen LogP contribution >= 0.6 is 22.7 Å². The number of nitrogens with zero attached hydrogens (tertiary/aromatic N) is 2. The van der Waals surface area contributed by atoms with E-state index < -0.39 is 10.0 Å². The third-order valence-electron chi connectivity index (χ3n) is 4.38. The van der Waals surface area contributed by atoms with Crippen molar-refractivity contribution in [3.05, 3.63) is 46.5 Å². The second kappa shape index (κ2) is 6.99. The summed E-state index contributed by atoms with van der Waals surface area (Å²) in [5.41, 5.74) is 2.95. The first-order valence-corrected chi connectivity index (χ1v) is 11.5. The van der Waals surface area contributed by atoms with Gasteiger partial charge in [0.25, 0.3) is 0 Å². The molecule has 25 heavy (non-hydrogen) atoms. The number of sulfonamides is 1. The van der Waals surface area contributed by atoms with Crippen LogP contribution in [0.5, 0.6) is 0 Å². The van der Waals surface area contributed by atoms with Crippen LogP contribution in [0.4, 0.5) is 0 Å². The number of hydrogen-bond donors (Lipinski definition) is 0. The summed E-state index contributed by atoms with van der Waals surface area (Å²) >= 11 is 3.26. The summed E-state index contributed by atoms with van der Waals surface area (Å²) in [6.07, 6.45) is 3.00. The second-order valence-corrected chi connectivity index (χ2v) is 9.62. The lowest BCUT2D eigenvalue weighted by Crippen LogP contribution is -2.35. The zero-order chi connectivity index (χ0) is 17.3. The first-order valence-electron chi connectivity index (χ1n) is 8.23. The molecule has 4 rings (SSSR count). The maximum absolute atomic E-state index is 12.7. The van der Waals surface area contributed by atoms with Crippen LogP contribution in [0.15, 0.2) is 51.4 Å². The SMILES string of the molecule is O=S(=O)(c1ccc(-c2csc(-c3ccsc3)n2)cc1)N1CCCCC1. The van der Waals surface area contributed by atoms with Crippen molar-refractivity contribution in [2.24, 2.45) is 0 Å². The van der Waals surface area contributed by atoms with Crippen LogP contribution in [-0.4, -0.2) is 30.8 Å². The highest BCUT2D eigenvalue weighted by atomic mass is 32.2. The molecule has 0 atom stereocenters. The summed E-state index contributed by atoms with van der Waals surface area (Å²) in [6, 6.07) is 9.15. The van der Waals surface area contributed by atoms with E-state index >= 15 is 0 Å². The van der Waals surface area contributed by atoms with Crippen LogP contribution in [0.1, 0.15) is 19.3 Å². The molecule has 7 heteroatoms. The fourth-order valence-corrected chi connectivity index (χ4v) is 6.04. The minimum Gasteiger partial charge on any atom is -0.236 e. The first-order chi connectivity index (χ1) is 12.1. The van der Waals surface area contributed by atoms with Gasteiger partial charge in [-0.1, -0.05) is 18.6 Å². The molecule has 0 spiro atoms. The highest BCUT2D eigenvalue weighted by molar-refractivity contribution is 7.89. The number of hydrogen-bond acceptors (Lipinski definition) is 5. The Bertz CT molecular complexity index is 939. The molecule has 130 valence electrons. The Labute approximate surface area is 155 Å². The van der Waals surface area contributed by atoms with Crippen LogP contribution in [0.25, 0.3) is 21.8 Å². The van der Waals surface area contributed by atoms with Crippen molar-refractivity contribution in [2.45, 2.75) is 24.2 Å². The number of benzene rings is 1. The van der Waals surface area contributed by atoms with Gasteiger partial charge in [0, 0.05) is 35.0 Å². The van der Waals surface area contributed by atoms with Gasteiger partial charge in [-0.2, -0.15) is 15.6 Å². The number of aromatic nitrogens is 1. The lowest BCUT2D eigenvalue weighted by molar-refractivity contribution is 0.346. The molecule has 2 aromatic heterocycles. The van der Waals surface area contributed by atoms with Crippen molar-refractivity contribution in [2.75, 3.05) is 13.1 Å². The molecule has 0 aliphatic carbocycles. The lowest BCUT2D eigenvalue weighted by atomic mass is 10.2. The molecular weight excluding hydrogens is 372 g/mol. The summed E-state index contributed by atoms with van der Waals surface area (Å²) in [5.74, 6) is 0. The Kier molecular flexibility index (Phi) is 4.73. The fraction of sp³-hybridized carbons (Fsp3) is 0.278. The summed E-state index contributed by atoms with van der Waals surface area (Å²) < 4.78 is 27.0. The molecule has 0 saturated carbocycles. The van der Waals surface area contributed by atoms with Crippen LogP contribution in [0.3, 0.4) is 0 Å². The van der Waals surface area contributed by atoms with E-state index in [0.717, 1.165) is 41.1 Å². The zero-order valence-electron chi connectivity index (χ0n) is 13.6. The summed E-state index contributed by atoms with van der Waals surface area (Å²) in [4.78, 5) is 5.04. The zero-order valence-corrected chi connectivity index (χ0v) is 16.0. The van der Waals surface area contributed by atoms with Gasteiger partial charge >= 0.3 is 0 Å². The Balaban J connectivity index is 1.58. The van der Waals surface area contributed by atoms with Gasteiger partial charge < -0.3 is 0 Å². The van der Waals surface area contributed by atoms with Gasteiger partial charge in [-0.3, -0.25) is 0 Å². The molecule has 1 aromatic carbocycles. The predicted molar refractivity (Wildman–Crippen MR) is 103 cm³/mol. The number of rotatable bonds is 4. The molecule has 1 saturated heterocycles. The van der Waals surface area contributed by atoms with Gasteiger partial charge in [0.05, 0.1) is 10.6 Å². The Morgan fingerprint density at radius 2 is 1.68 bits per heavy atom. The van der Waals surface area contributed by atoms with Crippen molar-refractivity contribution in [3.63, 3.8) is 0 Å². The maximum Gasteiger partial charge on any atom is 0.243 e. The number of thiophene rings is 1. The second-order valence-electron chi connectivity index (χ2n) is 6.04. The van der Waals surface area contributed by atoms with Crippen LogP contribution < -0.4 is 0 Å². The molecule has 1 aliphatic rings.